The van der Waals surface area contributed by atoms with Crippen molar-refractivity contribution in [1.82, 2.24) is 4.57 Å². The molecule has 4 heteroatoms. The summed E-state index contributed by atoms with van der Waals surface area (Å²) >= 11 is 1.70. The first-order valence-corrected chi connectivity index (χ1v) is 9.62. The fraction of sp³-hybridized carbons (Fsp3) is 0.0870. The second-order valence-electron chi connectivity index (χ2n) is 6.17. The molecule has 0 radical (unpaired) electrons. The molecule has 3 aromatic carbocycles. The van der Waals surface area contributed by atoms with Crippen molar-refractivity contribution < 1.29 is 4.74 Å². The highest BCUT2D eigenvalue weighted by Gasteiger charge is 2.07. The van der Waals surface area contributed by atoms with E-state index in [0.717, 1.165) is 28.3 Å². The minimum atomic E-state index is 0.791. The van der Waals surface area contributed by atoms with E-state index in [2.05, 4.69) is 47.2 Å². The molecule has 0 bridgehead atoms. The maximum absolute atomic E-state index is 5.27. The summed E-state index contributed by atoms with van der Waals surface area (Å²) in [7, 11) is 1.69. The molecule has 134 valence electrons. The Hall–Kier alpha value is -3.11. The van der Waals surface area contributed by atoms with E-state index in [-0.39, 0.29) is 0 Å². The van der Waals surface area contributed by atoms with Crippen LogP contribution in [0.5, 0.6) is 5.75 Å². The summed E-state index contributed by atoms with van der Waals surface area (Å²) in [6, 6.07) is 28.7. The largest absolute Gasteiger partial charge is 0.497 e. The summed E-state index contributed by atoms with van der Waals surface area (Å²) in [5.74, 6) is 0.863. The van der Waals surface area contributed by atoms with Crippen molar-refractivity contribution in [2.75, 3.05) is 7.11 Å². The quantitative estimate of drug-likeness (QED) is 0.454. The van der Waals surface area contributed by atoms with E-state index in [1.807, 2.05) is 48.5 Å². The Morgan fingerprint density at radius 1 is 0.852 bits per heavy atom. The molecular weight excluding hydrogens is 352 g/mol. The second-order valence-corrected chi connectivity index (χ2v) is 7.18. The molecule has 3 nitrogen and oxygen atoms in total. The van der Waals surface area contributed by atoms with Crippen molar-refractivity contribution in [3.05, 3.63) is 101 Å². The summed E-state index contributed by atoms with van der Waals surface area (Å²) in [5, 5.41) is 0. The molecule has 4 rings (SSSR count). The first kappa shape index (κ1) is 17.3. The van der Waals surface area contributed by atoms with Gasteiger partial charge in [-0.3, -0.25) is 0 Å². The Balaban J connectivity index is 1.77. The van der Waals surface area contributed by atoms with Gasteiger partial charge in [0.1, 0.15) is 5.75 Å². The minimum absolute atomic E-state index is 0.791. The number of aromatic nitrogens is 1. The molecule has 0 N–H and O–H groups in total. The maximum atomic E-state index is 5.27. The topological polar surface area (TPSA) is 26.5 Å². The van der Waals surface area contributed by atoms with Crippen LogP contribution in [-0.4, -0.2) is 11.7 Å². The zero-order valence-electron chi connectivity index (χ0n) is 15.1. The fourth-order valence-corrected chi connectivity index (χ4v) is 3.88. The Bertz CT molecular complexity index is 1060. The molecule has 0 saturated carbocycles. The average molecular weight is 372 g/mol. The normalized spacial score (nSPS) is 11.5. The van der Waals surface area contributed by atoms with Gasteiger partial charge in [-0.25, -0.2) is 4.99 Å². The predicted octanol–water partition coefficient (Wildman–Crippen LogP) is 5.51. The first-order valence-electron chi connectivity index (χ1n) is 8.80. The summed E-state index contributed by atoms with van der Waals surface area (Å²) in [5.41, 5.74) is 3.38. The van der Waals surface area contributed by atoms with Crippen LogP contribution in [0, 0.1) is 0 Å². The van der Waals surface area contributed by atoms with Gasteiger partial charge in [0.25, 0.3) is 0 Å². The summed E-state index contributed by atoms with van der Waals surface area (Å²) in [4.78, 5) is 7.04. The zero-order valence-corrected chi connectivity index (χ0v) is 15.9. The predicted molar refractivity (Wildman–Crippen MR) is 112 cm³/mol. The molecule has 0 spiro atoms. The number of thiazole rings is 1. The van der Waals surface area contributed by atoms with E-state index in [1.54, 1.807) is 18.4 Å². The highest BCUT2D eigenvalue weighted by atomic mass is 32.1. The molecule has 0 fully saturated rings. The van der Waals surface area contributed by atoms with Crippen molar-refractivity contribution in [2.45, 2.75) is 6.54 Å². The first-order chi connectivity index (χ1) is 13.3. The van der Waals surface area contributed by atoms with Crippen molar-refractivity contribution in [2.24, 2.45) is 4.99 Å². The van der Waals surface area contributed by atoms with Gasteiger partial charge in [-0.05, 0) is 47.5 Å². The van der Waals surface area contributed by atoms with Crippen LogP contribution in [0.15, 0.2) is 96.1 Å². The van der Waals surface area contributed by atoms with Crippen LogP contribution >= 0.6 is 11.3 Å². The molecule has 1 heterocycles. The van der Waals surface area contributed by atoms with E-state index in [0.29, 0.717) is 0 Å². The molecule has 1 aromatic heterocycles. The van der Waals surface area contributed by atoms with Gasteiger partial charge in [-0.1, -0.05) is 59.9 Å². The van der Waals surface area contributed by atoms with Gasteiger partial charge < -0.3 is 9.30 Å². The lowest BCUT2D eigenvalue weighted by Gasteiger charge is -2.03. The molecule has 0 aliphatic rings. The van der Waals surface area contributed by atoms with Crippen molar-refractivity contribution in [1.29, 1.82) is 0 Å². The average Bonchev–Trinajstić information content (AvgIpc) is 3.12. The third-order valence-electron chi connectivity index (χ3n) is 4.27. The number of benzene rings is 3. The van der Waals surface area contributed by atoms with Gasteiger partial charge in [-0.2, -0.15) is 0 Å². The molecular formula is C23H20N2OS. The van der Waals surface area contributed by atoms with E-state index in [4.69, 9.17) is 9.73 Å². The van der Waals surface area contributed by atoms with E-state index < -0.39 is 0 Å². The zero-order chi connectivity index (χ0) is 18.5. The standard InChI is InChI=1S/C23H20N2OS/c1-26-21-14-12-19(13-15-21)22-17-25(16-18-8-4-2-5-9-18)23(27-22)24-20-10-6-3-7-11-20/h2-15,17H,16H2,1H3/b24-23+. The summed E-state index contributed by atoms with van der Waals surface area (Å²) in [6.45, 7) is 0.791. The van der Waals surface area contributed by atoms with Crippen LogP contribution in [0.2, 0.25) is 0 Å². The molecule has 0 saturated heterocycles. The van der Waals surface area contributed by atoms with Crippen LogP contribution in [0.1, 0.15) is 5.56 Å². The lowest BCUT2D eigenvalue weighted by molar-refractivity contribution is 0.415. The van der Waals surface area contributed by atoms with Crippen LogP contribution in [-0.2, 0) is 6.54 Å². The Morgan fingerprint density at radius 3 is 2.19 bits per heavy atom. The van der Waals surface area contributed by atoms with Crippen LogP contribution in [0.4, 0.5) is 5.69 Å². The molecule has 4 aromatic rings. The molecule has 0 unspecified atom stereocenters. The van der Waals surface area contributed by atoms with Crippen LogP contribution in [0.25, 0.3) is 10.4 Å². The van der Waals surface area contributed by atoms with Crippen molar-refractivity contribution in [3.63, 3.8) is 0 Å². The molecule has 0 amide bonds. The number of ether oxygens (including phenoxy) is 1. The molecule has 27 heavy (non-hydrogen) atoms. The SMILES string of the molecule is COc1ccc(-c2cn(Cc3ccccc3)/c(=N\c3ccccc3)s2)cc1. The third-order valence-corrected chi connectivity index (χ3v) is 5.34. The van der Waals surface area contributed by atoms with Crippen LogP contribution < -0.4 is 9.54 Å². The van der Waals surface area contributed by atoms with Crippen molar-refractivity contribution >= 4 is 17.0 Å². The van der Waals surface area contributed by atoms with Gasteiger partial charge in [0.05, 0.1) is 17.7 Å². The number of rotatable bonds is 5. The smallest absolute Gasteiger partial charge is 0.190 e. The van der Waals surface area contributed by atoms with Gasteiger partial charge in [0.15, 0.2) is 4.80 Å². The minimum Gasteiger partial charge on any atom is -0.497 e. The Labute approximate surface area is 162 Å². The highest BCUT2D eigenvalue weighted by molar-refractivity contribution is 7.12. The monoisotopic (exact) mass is 372 g/mol. The van der Waals surface area contributed by atoms with E-state index >= 15 is 0 Å². The lowest BCUT2D eigenvalue weighted by atomic mass is 10.2. The highest BCUT2D eigenvalue weighted by Crippen LogP contribution is 2.25. The number of methoxy groups -OCH3 is 1. The Morgan fingerprint density at radius 2 is 1.52 bits per heavy atom. The number of para-hydroxylation sites is 1. The van der Waals surface area contributed by atoms with Gasteiger partial charge >= 0.3 is 0 Å². The number of hydrogen-bond donors (Lipinski definition) is 0. The molecule has 0 atom stereocenters. The van der Waals surface area contributed by atoms with Crippen molar-refractivity contribution in [3.8, 4) is 16.2 Å². The molecule has 0 aliphatic carbocycles. The fourth-order valence-electron chi connectivity index (χ4n) is 2.86. The lowest BCUT2D eigenvalue weighted by Crippen LogP contribution is -2.14. The molecule has 0 aliphatic heterocycles. The van der Waals surface area contributed by atoms with E-state index in [9.17, 15) is 0 Å². The maximum Gasteiger partial charge on any atom is 0.190 e. The summed E-state index contributed by atoms with van der Waals surface area (Å²) in [6.07, 6.45) is 2.18. The third kappa shape index (κ3) is 4.18. The Kier molecular flexibility index (Phi) is 5.17. The van der Waals surface area contributed by atoms with E-state index in [1.165, 1.54) is 10.4 Å². The summed E-state index contributed by atoms with van der Waals surface area (Å²) < 4.78 is 7.49. The second kappa shape index (κ2) is 8.06. The van der Waals surface area contributed by atoms with Gasteiger partial charge in [0, 0.05) is 12.7 Å². The van der Waals surface area contributed by atoms with Crippen LogP contribution in [0.3, 0.4) is 0 Å². The number of hydrogen-bond acceptors (Lipinski definition) is 3. The van der Waals surface area contributed by atoms with Gasteiger partial charge in [0.2, 0.25) is 0 Å². The van der Waals surface area contributed by atoms with Gasteiger partial charge in [-0.15, -0.1) is 0 Å². The number of nitrogens with zero attached hydrogens (tertiary/aromatic N) is 2.